The van der Waals surface area contributed by atoms with Gasteiger partial charge in [-0.3, -0.25) is 0 Å². The maximum Gasteiger partial charge on any atom is 0.410 e. The molecule has 2 N–H and O–H groups in total. The Morgan fingerprint density at radius 1 is 1.43 bits per heavy atom. The Labute approximate surface area is 131 Å². The Hall–Kier alpha value is -1.42. The Bertz CT molecular complexity index is 521. The second kappa shape index (κ2) is 6.14. The van der Waals surface area contributed by atoms with Gasteiger partial charge in [-0.2, -0.15) is 0 Å². The summed E-state index contributed by atoms with van der Waals surface area (Å²) in [5.74, 6) is 0. The van der Waals surface area contributed by atoms with Crippen LogP contribution in [0.1, 0.15) is 45.6 Å². The normalized spacial score (nSPS) is 15.4. The van der Waals surface area contributed by atoms with Crippen molar-refractivity contribution in [1.82, 2.24) is 4.90 Å². The molecular formula is C16H23ClN2O2. The molecule has 1 aromatic carbocycles. The minimum Gasteiger partial charge on any atom is -0.444 e. The first-order valence-corrected chi connectivity index (χ1v) is 7.67. The number of benzene rings is 1. The average Bonchev–Trinajstić information content (AvgIpc) is 2.28. The number of hydrogen-bond acceptors (Lipinski definition) is 3. The number of anilines is 1. The molecule has 1 fully saturated rings. The monoisotopic (exact) mass is 310 g/mol. The summed E-state index contributed by atoms with van der Waals surface area (Å²) in [5.41, 5.74) is 6.75. The molecule has 0 radical (unpaired) electrons. The van der Waals surface area contributed by atoms with Gasteiger partial charge in [-0.1, -0.05) is 17.7 Å². The second-order valence-electron chi connectivity index (χ2n) is 6.55. The highest BCUT2D eigenvalue weighted by Crippen LogP contribution is 2.29. The minimum absolute atomic E-state index is 0.260. The molecule has 0 aliphatic heterocycles. The Morgan fingerprint density at radius 2 is 2.10 bits per heavy atom. The molecule has 2 rings (SSSR count). The van der Waals surface area contributed by atoms with E-state index in [2.05, 4.69) is 0 Å². The van der Waals surface area contributed by atoms with Crippen molar-refractivity contribution in [2.24, 2.45) is 0 Å². The summed E-state index contributed by atoms with van der Waals surface area (Å²) in [5, 5.41) is 0.519. The molecule has 1 amide bonds. The molecule has 0 spiro atoms. The first kappa shape index (κ1) is 16.0. The Morgan fingerprint density at radius 3 is 2.57 bits per heavy atom. The molecule has 1 aliphatic carbocycles. The summed E-state index contributed by atoms with van der Waals surface area (Å²) in [6.07, 6.45) is 2.95. The van der Waals surface area contributed by atoms with Crippen LogP contribution in [0.2, 0.25) is 5.02 Å². The predicted octanol–water partition coefficient (Wildman–Crippen LogP) is 4.21. The number of halogens is 1. The third-order valence-electron chi connectivity index (χ3n) is 3.56. The van der Waals surface area contributed by atoms with Crippen LogP contribution in [0.3, 0.4) is 0 Å². The number of nitrogen functional groups attached to an aromatic ring is 1. The minimum atomic E-state index is -0.488. The SMILES string of the molecule is CC(C)(C)OC(=O)N(Cc1ccc(N)c(Cl)c1)C1CCC1. The third kappa shape index (κ3) is 4.27. The van der Waals surface area contributed by atoms with Crippen LogP contribution in [0.15, 0.2) is 18.2 Å². The smallest absolute Gasteiger partial charge is 0.410 e. The fourth-order valence-corrected chi connectivity index (χ4v) is 2.43. The van der Waals surface area contributed by atoms with Gasteiger partial charge in [0, 0.05) is 12.6 Å². The quantitative estimate of drug-likeness (QED) is 0.851. The van der Waals surface area contributed by atoms with E-state index >= 15 is 0 Å². The van der Waals surface area contributed by atoms with E-state index in [1.54, 1.807) is 11.0 Å². The molecule has 0 heterocycles. The topological polar surface area (TPSA) is 55.6 Å². The Balaban J connectivity index is 2.12. The van der Waals surface area contributed by atoms with E-state index in [1.807, 2.05) is 32.9 Å². The van der Waals surface area contributed by atoms with Gasteiger partial charge >= 0.3 is 6.09 Å². The first-order chi connectivity index (χ1) is 9.76. The van der Waals surface area contributed by atoms with Crippen LogP contribution in [0.5, 0.6) is 0 Å². The molecule has 0 bridgehead atoms. The third-order valence-corrected chi connectivity index (χ3v) is 3.89. The fraction of sp³-hybridized carbons (Fsp3) is 0.562. The summed E-state index contributed by atoms with van der Waals surface area (Å²) in [6, 6.07) is 5.74. The largest absolute Gasteiger partial charge is 0.444 e. The predicted molar refractivity (Wildman–Crippen MR) is 85.3 cm³/mol. The molecule has 1 aromatic rings. The van der Waals surface area contributed by atoms with Gasteiger partial charge in [0.2, 0.25) is 0 Å². The molecule has 116 valence electrons. The number of hydrogen-bond donors (Lipinski definition) is 1. The average molecular weight is 311 g/mol. The van der Waals surface area contributed by atoms with Gasteiger partial charge in [0.15, 0.2) is 0 Å². The van der Waals surface area contributed by atoms with Gasteiger partial charge in [-0.15, -0.1) is 0 Å². The zero-order valence-electron chi connectivity index (χ0n) is 12.9. The lowest BCUT2D eigenvalue weighted by molar-refractivity contribution is 0.00462. The Kier molecular flexibility index (Phi) is 4.67. The molecule has 21 heavy (non-hydrogen) atoms. The zero-order valence-corrected chi connectivity index (χ0v) is 13.6. The van der Waals surface area contributed by atoms with Crippen LogP contribution in [0.4, 0.5) is 10.5 Å². The summed E-state index contributed by atoms with van der Waals surface area (Å²) in [6.45, 7) is 6.14. The van der Waals surface area contributed by atoms with E-state index < -0.39 is 5.60 Å². The molecule has 0 aromatic heterocycles. The van der Waals surface area contributed by atoms with Gasteiger partial charge in [-0.25, -0.2) is 4.79 Å². The highest BCUT2D eigenvalue weighted by atomic mass is 35.5. The molecule has 0 atom stereocenters. The maximum absolute atomic E-state index is 12.4. The number of amides is 1. The van der Waals surface area contributed by atoms with E-state index in [9.17, 15) is 4.79 Å². The van der Waals surface area contributed by atoms with E-state index in [0.29, 0.717) is 17.3 Å². The van der Waals surface area contributed by atoms with Crippen molar-refractivity contribution in [3.8, 4) is 0 Å². The van der Waals surface area contributed by atoms with Crippen molar-refractivity contribution in [1.29, 1.82) is 0 Å². The number of ether oxygens (including phenoxy) is 1. The van der Waals surface area contributed by atoms with E-state index in [4.69, 9.17) is 22.1 Å². The van der Waals surface area contributed by atoms with Crippen molar-refractivity contribution < 1.29 is 9.53 Å². The van der Waals surface area contributed by atoms with Crippen LogP contribution >= 0.6 is 11.6 Å². The zero-order chi connectivity index (χ0) is 15.6. The van der Waals surface area contributed by atoms with Crippen LogP contribution in [0, 0.1) is 0 Å². The lowest BCUT2D eigenvalue weighted by Crippen LogP contribution is -2.46. The first-order valence-electron chi connectivity index (χ1n) is 7.30. The van der Waals surface area contributed by atoms with Crippen LogP contribution < -0.4 is 5.73 Å². The molecule has 1 aliphatic rings. The molecule has 0 unspecified atom stereocenters. The van der Waals surface area contributed by atoms with E-state index in [0.717, 1.165) is 24.8 Å². The van der Waals surface area contributed by atoms with Gasteiger partial charge in [0.1, 0.15) is 5.60 Å². The molecular weight excluding hydrogens is 288 g/mol. The summed E-state index contributed by atoms with van der Waals surface area (Å²) < 4.78 is 5.51. The number of carbonyl (C=O) groups excluding carboxylic acids is 1. The van der Waals surface area contributed by atoms with Gasteiger partial charge in [-0.05, 0) is 57.7 Å². The molecule has 5 heteroatoms. The fourth-order valence-electron chi connectivity index (χ4n) is 2.23. The summed E-state index contributed by atoms with van der Waals surface area (Å²) in [4.78, 5) is 14.2. The molecule has 4 nitrogen and oxygen atoms in total. The van der Waals surface area contributed by atoms with Crippen LogP contribution in [-0.2, 0) is 11.3 Å². The summed E-state index contributed by atoms with van der Waals surface area (Å²) in [7, 11) is 0. The van der Waals surface area contributed by atoms with E-state index in [-0.39, 0.29) is 12.1 Å². The maximum atomic E-state index is 12.4. The number of rotatable bonds is 3. The van der Waals surface area contributed by atoms with Crippen molar-refractivity contribution in [3.63, 3.8) is 0 Å². The highest BCUT2D eigenvalue weighted by molar-refractivity contribution is 6.33. The number of nitrogens with two attached hydrogens (primary N) is 1. The number of carbonyl (C=O) groups is 1. The van der Waals surface area contributed by atoms with Crippen LogP contribution in [-0.4, -0.2) is 22.6 Å². The van der Waals surface area contributed by atoms with Crippen molar-refractivity contribution in [2.45, 2.75) is 58.2 Å². The van der Waals surface area contributed by atoms with Crippen molar-refractivity contribution >= 4 is 23.4 Å². The van der Waals surface area contributed by atoms with Gasteiger partial charge in [0.25, 0.3) is 0 Å². The van der Waals surface area contributed by atoms with Crippen molar-refractivity contribution in [3.05, 3.63) is 28.8 Å². The summed E-state index contributed by atoms with van der Waals surface area (Å²) >= 11 is 6.05. The second-order valence-corrected chi connectivity index (χ2v) is 6.96. The van der Waals surface area contributed by atoms with Crippen molar-refractivity contribution in [2.75, 3.05) is 5.73 Å². The van der Waals surface area contributed by atoms with Gasteiger partial charge in [0.05, 0.1) is 10.7 Å². The molecule has 0 saturated heterocycles. The highest BCUT2D eigenvalue weighted by Gasteiger charge is 2.32. The molecule has 1 saturated carbocycles. The standard InChI is InChI=1S/C16H23ClN2O2/c1-16(2,3)21-15(20)19(12-5-4-6-12)10-11-7-8-14(18)13(17)9-11/h7-9,12H,4-6,10,18H2,1-3H3. The lowest BCUT2D eigenvalue weighted by Gasteiger charge is -2.38. The van der Waals surface area contributed by atoms with Gasteiger partial charge < -0.3 is 15.4 Å². The number of nitrogens with zero attached hydrogens (tertiary/aromatic N) is 1. The van der Waals surface area contributed by atoms with Crippen LogP contribution in [0.25, 0.3) is 0 Å². The van der Waals surface area contributed by atoms with E-state index in [1.165, 1.54) is 0 Å². The lowest BCUT2D eigenvalue weighted by atomic mass is 9.91.